The molecule has 0 unspecified atom stereocenters. The lowest BCUT2D eigenvalue weighted by Gasteiger charge is -2.07. The molecule has 0 N–H and O–H groups in total. The average molecular weight is 503 g/mol. The first-order valence-electron chi connectivity index (χ1n) is 10.7. The first-order valence-corrected chi connectivity index (χ1v) is 12.0. The van der Waals surface area contributed by atoms with Gasteiger partial charge in [0.25, 0.3) is 0 Å². The maximum atomic E-state index is 12.5. The number of nitrogens with zero attached hydrogens (tertiary/aromatic N) is 2. The normalized spacial score (nSPS) is 11.4. The van der Waals surface area contributed by atoms with Crippen LogP contribution in [0, 0.1) is 6.92 Å². The lowest BCUT2D eigenvalue weighted by atomic mass is 10.1. The summed E-state index contributed by atoms with van der Waals surface area (Å²) in [5.74, 6) is -0.547. The van der Waals surface area contributed by atoms with Crippen molar-refractivity contribution in [2.75, 3.05) is 0 Å². The summed E-state index contributed by atoms with van der Waals surface area (Å²) in [4.78, 5) is 25.5. The zero-order chi connectivity index (χ0) is 24.4. The molecule has 8 heteroatoms. The monoisotopic (exact) mass is 502 g/mol. The number of aromatic nitrogens is 2. The summed E-state index contributed by atoms with van der Waals surface area (Å²) in [6, 6.07) is 18.4. The highest BCUT2D eigenvalue weighted by Crippen LogP contribution is 2.29. The Morgan fingerprint density at radius 3 is 2.77 bits per heavy atom. The van der Waals surface area contributed by atoms with Gasteiger partial charge in [-0.1, -0.05) is 35.9 Å². The second kappa shape index (κ2) is 9.74. The van der Waals surface area contributed by atoms with Crippen molar-refractivity contribution in [1.82, 2.24) is 9.78 Å². The van der Waals surface area contributed by atoms with E-state index in [2.05, 4.69) is 0 Å². The molecule has 0 fully saturated rings. The molecule has 5 rings (SSSR count). The Balaban J connectivity index is 1.38. The van der Waals surface area contributed by atoms with Gasteiger partial charge in [-0.2, -0.15) is 5.10 Å². The van der Waals surface area contributed by atoms with Crippen LogP contribution >= 0.6 is 22.9 Å². The van der Waals surface area contributed by atoms with Gasteiger partial charge in [-0.05, 0) is 54.3 Å². The van der Waals surface area contributed by atoms with Gasteiger partial charge in [-0.25, -0.2) is 14.3 Å². The highest BCUT2D eigenvalue weighted by Gasteiger charge is 2.13. The molecular weight excluding hydrogens is 484 g/mol. The molecule has 174 valence electrons. The number of esters is 1. The molecule has 0 aliphatic carbocycles. The molecule has 0 radical (unpaired) electrons. The van der Waals surface area contributed by atoms with Crippen molar-refractivity contribution in [2.24, 2.45) is 0 Å². The number of carbonyl (C=O) groups is 1. The van der Waals surface area contributed by atoms with Crippen molar-refractivity contribution in [3.05, 3.63) is 110 Å². The number of hydrogen-bond donors (Lipinski definition) is 0. The minimum Gasteiger partial charge on any atom is -0.458 e. The number of rotatable bonds is 6. The largest absolute Gasteiger partial charge is 0.458 e. The third-order valence-electron chi connectivity index (χ3n) is 5.40. The molecule has 0 saturated heterocycles. The van der Waals surface area contributed by atoms with Crippen molar-refractivity contribution in [1.29, 1.82) is 0 Å². The minimum atomic E-state index is -0.547. The number of hydrogen-bond acceptors (Lipinski definition) is 6. The SMILES string of the molecule is Cc1cc2oc(=O)cc(COC(=O)C=Cc3cn(-c4ccccc4)nc3-c3cccs3)c2cc1Cl. The molecule has 0 saturated carbocycles. The van der Waals surface area contributed by atoms with Crippen molar-refractivity contribution in [3.63, 3.8) is 0 Å². The van der Waals surface area contributed by atoms with E-state index in [9.17, 15) is 9.59 Å². The molecule has 35 heavy (non-hydrogen) atoms. The molecule has 0 aliphatic heterocycles. The molecule has 6 nitrogen and oxygen atoms in total. The summed E-state index contributed by atoms with van der Waals surface area (Å²) in [6.45, 7) is 1.73. The lowest BCUT2D eigenvalue weighted by Crippen LogP contribution is -2.06. The highest BCUT2D eigenvalue weighted by molar-refractivity contribution is 7.13. The highest BCUT2D eigenvalue weighted by atomic mass is 35.5. The van der Waals surface area contributed by atoms with Crippen LogP contribution in [0.25, 0.3) is 33.3 Å². The van der Waals surface area contributed by atoms with Crippen LogP contribution in [0.3, 0.4) is 0 Å². The summed E-state index contributed by atoms with van der Waals surface area (Å²) in [7, 11) is 0. The Labute approximate surface area is 209 Å². The van der Waals surface area contributed by atoms with Gasteiger partial charge in [-0.15, -0.1) is 11.3 Å². The first-order chi connectivity index (χ1) is 17.0. The van der Waals surface area contributed by atoms with Crippen LogP contribution in [-0.2, 0) is 16.1 Å². The van der Waals surface area contributed by atoms with E-state index in [1.807, 2.05) is 61.0 Å². The summed E-state index contributed by atoms with van der Waals surface area (Å²) in [6.07, 6.45) is 4.91. The predicted molar refractivity (Wildman–Crippen MR) is 138 cm³/mol. The Bertz CT molecular complexity index is 1600. The molecule has 3 aromatic heterocycles. The molecular formula is C27H19ClN2O4S. The Morgan fingerprint density at radius 1 is 1.17 bits per heavy atom. The van der Waals surface area contributed by atoms with E-state index in [4.69, 9.17) is 25.9 Å². The summed E-state index contributed by atoms with van der Waals surface area (Å²) < 4.78 is 12.5. The lowest BCUT2D eigenvalue weighted by molar-refractivity contribution is -0.138. The summed E-state index contributed by atoms with van der Waals surface area (Å²) in [5, 5.41) is 7.86. The van der Waals surface area contributed by atoms with Crippen LogP contribution in [-0.4, -0.2) is 15.7 Å². The molecule has 3 heterocycles. The van der Waals surface area contributed by atoms with E-state index >= 15 is 0 Å². The van der Waals surface area contributed by atoms with Crippen LogP contribution in [0.15, 0.2) is 87.5 Å². The number of thiophene rings is 1. The molecule has 0 spiro atoms. The number of ether oxygens (including phenoxy) is 1. The van der Waals surface area contributed by atoms with Gasteiger partial charge in [-0.3, -0.25) is 0 Å². The zero-order valence-corrected chi connectivity index (χ0v) is 20.2. The third kappa shape index (κ3) is 4.96. The van der Waals surface area contributed by atoms with Crippen LogP contribution < -0.4 is 5.63 Å². The van der Waals surface area contributed by atoms with Crippen LogP contribution in [0.2, 0.25) is 5.02 Å². The molecule has 0 bridgehead atoms. The second-order valence-corrected chi connectivity index (χ2v) is 9.17. The molecule has 0 aliphatic rings. The van der Waals surface area contributed by atoms with Crippen molar-refractivity contribution in [2.45, 2.75) is 13.5 Å². The zero-order valence-electron chi connectivity index (χ0n) is 18.6. The second-order valence-electron chi connectivity index (χ2n) is 7.82. The van der Waals surface area contributed by atoms with Gasteiger partial charge in [0, 0.05) is 39.9 Å². The van der Waals surface area contributed by atoms with Gasteiger partial charge in [0.2, 0.25) is 0 Å². The van der Waals surface area contributed by atoms with E-state index < -0.39 is 11.6 Å². The summed E-state index contributed by atoms with van der Waals surface area (Å²) in [5.41, 5.74) is 3.65. The fourth-order valence-electron chi connectivity index (χ4n) is 3.65. The molecule has 5 aromatic rings. The number of halogens is 1. The van der Waals surface area contributed by atoms with E-state index in [0.29, 0.717) is 21.6 Å². The first kappa shape index (κ1) is 22.8. The van der Waals surface area contributed by atoms with Gasteiger partial charge in [0.05, 0.1) is 10.6 Å². The number of carbonyl (C=O) groups excluding carboxylic acids is 1. The third-order valence-corrected chi connectivity index (χ3v) is 6.68. The van der Waals surface area contributed by atoms with Gasteiger partial charge >= 0.3 is 11.6 Å². The Morgan fingerprint density at radius 2 is 2.00 bits per heavy atom. The van der Waals surface area contributed by atoms with E-state index in [-0.39, 0.29) is 6.61 Å². The van der Waals surface area contributed by atoms with Gasteiger partial charge in [0.1, 0.15) is 17.9 Å². The van der Waals surface area contributed by atoms with Crippen molar-refractivity contribution in [3.8, 4) is 16.3 Å². The standard InChI is InChI=1S/C27H19ClN2O4S/c1-17-12-23-21(14-22(17)28)19(13-26(32)34-23)16-33-25(31)10-9-18-15-30(20-6-3-2-4-7-20)29-27(18)24-8-5-11-35-24/h2-15H,16H2,1H3. The van der Waals surface area contributed by atoms with Crippen LogP contribution in [0.1, 0.15) is 16.7 Å². The maximum Gasteiger partial charge on any atom is 0.336 e. The summed E-state index contributed by atoms with van der Waals surface area (Å²) >= 11 is 7.81. The fraction of sp³-hybridized carbons (Fsp3) is 0.0741. The van der Waals surface area contributed by atoms with E-state index in [0.717, 1.165) is 27.4 Å². The molecule has 0 atom stereocenters. The smallest absolute Gasteiger partial charge is 0.336 e. The fourth-order valence-corrected chi connectivity index (χ4v) is 4.54. The van der Waals surface area contributed by atoms with Gasteiger partial charge < -0.3 is 9.15 Å². The quantitative estimate of drug-likeness (QED) is 0.152. The maximum absolute atomic E-state index is 12.5. The van der Waals surface area contributed by atoms with Crippen LogP contribution in [0.4, 0.5) is 0 Å². The number of benzene rings is 2. The minimum absolute atomic E-state index is 0.0915. The molecule has 0 amide bonds. The Hall–Kier alpha value is -3.94. The van der Waals surface area contributed by atoms with Crippen molar-refractivity contribution >= 4 is 46.0 Å². The Kier molecular flexibility index (Phi) is 6.35. The van der Waals surface area contributed by atoms with Crippen LogP contribution in [0.5, 0.6) is 0 Å². The van der Waals surface area contributed by atoms with Crippen molar-refractivity contribution < 1.29 is 13.9 Å². The average Bonchev–Trinajstić information content (AvgIpc) is 3.53. The number of aryl methyl sites for hydroxylation is 1. The van der Waals surface area contributed by atoms with E-state index in [1.165, 1.54) is 12.1 Å². The number of fused-ring (bicyclic) bond motifs is 1. The van der Waals surface area contributed by atoms with E-state index in [1.54, 1.807) is 34.2 Å². The van der Waals surface area contributed by atoms with Gasteiger partial charge in [0.15, 0.2) is 0 Å². The topological polar surface area (TPSA) is 74.3 Å². The number of para-hydroxylation sites is 1. The molecule has 2 aromatic carbocycles. The predicted octanol–water partition coefficient (Wildman–Crippen LogP) is 6.43.